The normalized spacial score (nSPS) is 12.1. The van der Waals surface area contributed by atoms with E-state index in [1.165, 1.54) is 38.2 Å². The van der Waals surface area contributed by atoms with E-state index in [0.29, 0.717) is 0 Å². The number of carbonyl (C=O) groups is 2. The summed E-state index contributed by atoms with van der Waals surface area (Å²) in [5.41, 5.74) is 0. The summed E-state index contributed by atoms with van der Waals surface area (Å²) in [5, 5.41) is 2.36. The molecule has 0 N–H and O–H groups in total. The number of amides is 2. The van der Waals surface area contributed by atoms with E-state index < -0.39 is 0 Å². The molecule has 0 aromatic heterocycles. The molecular weight excluding hydrogens is 200 g/mol. The van der Waals surface area contributed by atoms with Gasteiger partial charge in [0.15, 0.2) is 0 Å². The smallest absolute Gasteiger partial charge is 0.243 e. The van der Waals surface area contributed by atoms with E-state index in [9.17, 15) is 9.59 Å². The standard InChI is InChI=1S/C9H18N2O4/c1-7(11(15-5)9(3)13)6-10(14-4)8(2)12/h7H,6H2,1-5H3. The Morgan fingerprint density at radius 1 is 1.13 bits per heavy atom. The summed E-state index contributed by atoms with van der Waals surface area (Å²) in [4.78, 5) is 31.9. The lowest BCUT2D eigenvalue weighted by molar-refractivity contribution is -0.204. The minimum absolute atomic E-state index is 0.218. The van der Waals surface area contributed by atoms with E-state index in [-0.39, 0.29) is 24.4 Å². The molecule has 0 saturated carbocycles. The van der Waals surface area contributed by atoms with Gasteiger partial charge in [-0.2, -0.15) is 0 Å². The van der Waals surface area contributed by atoms with Gasteiger partial charge < -0.3 is 0 Å². The van der Waals surface area contributed by atoms with Gasteiger partial charge in [-0.3, -0.25) is 19.3 Å². The van der Waals surface area contributed by atoms with E-state index in [4.69, 9.17) is 9.68 Å². The van der Waals surface area contributed by atoms with Crippen LogP contribution in [0.15, 0.2) is 0 Å². The molecule has 0 radical (unpaired) electrons. The second kappa shape index (κ2) is 6.36. The molecule has 0 bridgehead atoms. The highest BCUT2D eigenvalue weighted by atomic mass is 16.7. The second-order valence-electron chi connectivity index (χ2n) is 3.14. The van der Waals surface area contributed by atoms with Crippen LogP contribution in [0, 0.1) is 0 Å². The fraction of sp³-hybridized carbons (Fsp3) is 0.778. The highest BCUT2D eigenvalue weighted by molar-refractivity contribution is 5.73. The molecule has 0 rings (SSSR count). The van der Waals surface area contributed by atoms with Gasteiger partial charge in [0.1, 0.15) is 0 Å². The van der Waals surface area contributed by atoms with Crippen molar-refractivity contribution in [1.82, 2.24) is 10.1 Å². The molecule has 0 fully saturated rings. The van der Waals surface area contributed by atoms with Crippen molar-refractivity contribution in [1.29, 1.82) is 0 Å². The maximum atomic E-state index is 11.1. The van der Waals surface area contributed by atoms with Crippen molar-refractivity contribution in [2.45, 2.75) is 26.8 Å². The molecule has 15 heavy (non-hydrogen) atoms. The molecule has 1 unspecified atom stereocenters. The third kappa shape index (κ3) is 4.26. The molecule has 0 aromatic carbocycles. The molecule has 6 heteroatoms. The zero-order valence-electron chi connectivity index (χ0n) is 9.81. The molecule has 0 aromatic rings. The lowest BCUT2D eigenvalue weighted by atomic mass is 10.3. The topological polar surface area (TPSA) is 59.1 Å². The molecule has 88 valence electrons. The van der Waals surface area contributed by atoms with Crippen LogP contribution in [0.2, 0.25) is 0 Å². The van der Waals surface area contributed by atoms with Crippen LogP contribution in [0.4, 0.5) is 0 Å². The maximum absolute atomic E-state index is 11.1. The average molecular weight is 218 g/mol. The zero-order valence-corrected chi connectivity index (χ0v) is 9.81. The first-order chi connectivity index (χ1) is 6.93. The number of hydroxylamine groups is 4. The van der Waals surface area contributed by atoms with Gasteiger partial charge in [0, 0.05) is 13.8 Å². The van der Waals surface area contributed by atoms with Crippen LogP contribution in [0.25, 0.3) is 0 Å². The Morgan fingerprint density at radius 3 is 1.93 bits per heavy atom. The predicted molar refractivity (Wildman–Crippen MR) is 53.4 cm³/mol. The number of rotatable bonds is 5. The highest BCUT2D eigenvalue weighted by Crippen LogP contribution is 2.03. The molecule has 1 atom stereocenters. The number of hydrogen-bond acceptors (Lipinski definition) is 4. The number of carbonyl (C=O) groups excluding carboxylic acids is 2. The van der Waals surface area contributed by atoms with Crippen LogP contribution in [0.1, 0.15) is 20.8 Å². The number of nitrogens with zero attached hydrogens (tertiary/aromatic N) is 2. The van der Waals surface area contributed by atoms with Gasteiger partial charge in [-0.1, -0.05) is 0 Å². The summed E-state index contributed by atoms with van der Waals surface area (Å²) >= 11 is 0. The third-order valence-corrected chi connectivity index (χ3v) is 1.91. The van der Waals surface area contributed by atoms with Crippen molar-refractivity contribution < 1.29 is 19.3 Å². The van der Waals surface area contributed by atoms with Crippen LogP contribution in [-0.4, -0.2) is 48.7 Å². The first-order valence-corrected chi connectivity index (χ1v) is 4.60. The first kappa shape index (κ1) is 13.9. The second-order valence-corrected chi connectivity index (χ2v) is 3.14. The molecule has 0 saturated heterocycles. The molecule has 0 heterocycles. The van der Waals surface area contributed by atoms with E-state index in [2.05, 4.69) is 0 Å². The minimum atomic E-state index is -0.267. The Bertz CT molecular complexity index is 232. The Balaban J connectivity index is 4.37. The largest absolute Gasteiger partial charge is 0.274 e. The van der Waals surface area contributed by atoms with Crippen LogP contribution >= 0.6 is 0 Å². The summed E-state index contributed by atoms with van der Waals surface area (Å²) in [5.74, 6) is -0.437. The molecule has 0 aliphatic carbocycles. The molecule has 6 nitrogen and oxygen atoms in total. The molecule has 0 spiro atoms. The fourth-order valence-electron chi connectivity index (χ4n) is 1.26. The SMILES string of the molecule is CON(CC(C)N(OC)C(C)=O)C(C)=O. The van der Waals surface area contributed by atoms with Gasteiger partial charge in [0.25, 0.3) is 0 Å². The molecule has 2 amide bonds. The summed E-state index contributed by atoms with van der Waals surface area (Å²) in [6.07, 6.45) is 0. The van der Waals surface area contributed by atoms with Gasteiger partial charge in [-0.15, -0.1) is 0 Å². The predicted octanol–water partition coefficient (Wildman–Crippen LogP) is 0.195. The van der Waals surface area contributed by atoms with Crippen LogP contribution < -0.4 is 0 Å². The Morgan fingerprint density at radius 2 is 1.67 bits per heavy atom. The van der Waals surface area contributed by atoms with Crippen molar-refractivity contribution in [2.24, 2.45) is 0 Å². The lowest BCUT2D eigenvalue weighted by Crippen LogP contribution is -2.45. The van der Waals surface area contributed by atoms with Crippen LogP contribution in [-0.2, 0) is 19.3 Å². The van der Waals surface area contributed by atoms with Gasteiger partial charge >= 0.3 is 0 Å². The summed E-state index contributed by atoms with van der Waals surface area (Å²) in [7, 11) is 2.81. The maximum Gasteiger partial charge on any atom is 0.243 e. The minimum Gasteiger partial charge on any atom is -0.274 e. The van der Waals surface area contributed by atoms with Gasteiger partial charge in [0.05, 0.1) is 26.8 Å². The van der Waals surface area contributed by atoms with Crippen molar-refractivity contribution in [3.8, 4) is 0 Å². The Hall–Kier alpha value is -1.14. The molecule has 0 aliphatic heterocycles. The van der Waals surface area contributed by atoms with Gasteiger partial charge in [-0.25, -0.2) is 10.1 Å². The third-order valence-electron chi connectivity index (χ3n) is 1.91. The van der Waals surface area contributed by atoms with Crippen LogP contribution in [0.5, 0.6) is 0 Å². The lowest BCUT2D eigenvalue weighted by Gasteiger charge is -2.29. The summed E-state index contributed by atoms with van der Waals surface area (Å²) in [6.45, 7) is 4.81. The Kier molecular flexibility index (Phi) is 5.88. The van der Waals surface area contributed by atoms with E-state index in [1.54, 1.807) is 6.92 Å². The Labute approximate surface area is 89.6 Å². The quantitative estimate of drug-likeness (QED) is 0.618. The monoisotopic (exact) mass is 218 g/mol. The highest BCUT2D eigenvalue weighted by Gasteiger charge is 2.21. The number of hydrogen-bond donors (Lipinski definition) is 0. The fourth-order valence-corrected chi connectivity index (χ4v) is 1.26. The van der Waals surface area contributed by atoms with Crippen molar-refractivity contribution in [2.75, 3.05) is 20.8 Å². The zero-order chi connectivity index (χ0) is 12.0. The van der Waals surface area contributed by atoms with Gasteiger partial charge in [-0.05, 0) is 6.92 Å². The summed E-state index contributed by atoms with van der Waals surface area (Å²) in [6, 6.07) is -0.267. The van der Waals surface area contributed by atoms with Crippen molar-refractivity contribution in [3.05, 3.63) is 0 Å². The van der Waals surface area contributed by atoms with E-state index >= 15 is 0 Å². The molecular formula is C9H18N2O4. The van der Waals surface area contributed by atoms with Crippen molar-refractivity contribution in [3.63, 3.8) is 0 Å². The van der Waals surface area contributed by atoms with E-state index in [0.717, 1.165) is 0 Å². The first-order valence-electron chi connectivity index (χ1n) is 4.60. The summed E-state index contributed by atoms with van der Waals surface area (Å²) < 4.78 is 0. The van der Waals surface area contributed by atoms with Crippen molar-refractivity contribution >= 4 is 11.8 Å². The van der Waals surface area contributed by atoms with E-state index in [1.807, 2.05) is 0 Å². The average Bonchev–Trinajstić information content (AvgIpc) is 2.14. The van der Waals surface area contributed by atoms with Crippen LogP contribution in [0.3, 0.4) is 0 Å². The van der Waals surface area contributed by atoms with Gasteiger partial charge in [0.2, 0.25) is 11.8 Å². The molecule has 0 aliphatic rings.